The maximum absolute atomic E-state index is 12.8. The lowest BCUT2D eigenvalue weighted by atomic mass is 10.1. The first-order valence-corrected chi connectivity index (χ1v) is 8.62. The maximum atomic E-state index is 12.8. The van der Waals surface area contributed by atoms with E-state index in [1.807, 2.05) is 0 Å². The summed E-state index contributed by atoms with van der Waals surface area (Å²) in [7, 11) is 1.39. The van der Waals surface area contributed by atoms with Crippen molar-refractivity contribution < 1.29 is 34.1 Å². The van der Waals surface area contributed by atoms with Crippen LogP contribution in [0.25, 0.3) is 0 Å². The van der Waals surface area contributed by atoms with E-state index in [9.17, 15) is 24.6 Å². The molecule has 0 radical (unpaired) electrons. The minimum Gasteiger partial charge on any atom is -0.504 e. The van der Waals surface area contributed by atoms with Crippen LogP contribution in [0.15, 0.2) is 36.4 Å². The van der Waals surface area contributed by atoms with Crippen molar-refractivity contribution in [2.45, 2.75) is 19.4 Å². The summed E-state index contributed by atoms with van der Waals surface area (Å²) in [5, 5.41) is 19.4. The number of aliphatic hydroxyl groups excluding tert-OH is 1. The van der Waals surface area contributed by atoms with E-state index in [4.69, 9.17) is 9.47 Å². The second-order valence-electron chi connectivity index (χ2n) is 6.22. The van der Waals surface area contributed by atoms with Gasteiger partial charge in [0.1, 0.15) is 6.61 Å². The zero-order chi connectivity index (χ0) is 20.4. The van der Waals surface area contributed by atoms with Crippen molar-refractivity contribution in [1.82, 2.24) is 0 Å². The lowest BCUT2D eigenvalue weighted by Gasteiger charge is -2.15. The average molecular weight is 385 g/mol. The van der Waals surface area contributed by atoms with Crippen molar-refractivity contribution in [2.24, 2.45) is 0 Å². The lowest BCUT2D eigenvalue weighted by Crippen LogP contribution is -2.29. The molecule has 2 aromatic carbocycles. The predicted molar refractivity (Wildman–Crippen MR) is 98.8 cm³/mol. The van der Waals surface area contributed by atoms with Crippen LogP contribution < -0.4 is 9.64 Å². The molecular weight excluding hydrogens is 366 g/mol. The van der Waals surface area contributed by atoms with Crippen molar-refractivity contribution in [3.05, 3.63) is 53.1 Å². The Balaban J connectivity index is 1.87. The monoisotopic (exact) mass is 385 g/mol. The van der Waals surface area contributed by atoms with E-state index >= 15 is 0 Å². The van der Waals surface area contributed by atoms with Gasteiger partial charge in [0.15, 0.2) is 11.5 Å². The zero-order valence-corrected chi connectivity index (χ0v) is 15.3. The summed E-state index contributed by atoms with van der Waals surface area (Å²) in [5.74, 6) is -1.88. The van der Waals surface area contributed by atoms with Crippen LogP contribution >= 0.6 is 0 Å². The molecule has 0 fully saturated rings. The van der Waals surface area contributed by atoms with Crippen LogP contribution in [0.4, 0.5) is 5.69 Å². The molecule has 0 saturated carbocycles. The van der Waals surface area contributed by atoms with E-state index in [1.165, 1.54) is 43.5 Å². The number of phenolic OH excluding ortho intramolecular Hbond substituents is 1. The Morgan fingerprint density at radius 1 is 1.11 bits per heavy atom. The molecule has 1 unspecified atom stereocenters. The molecule has 3 rings (SSSR count). The Labute approximate surface area is 160 Å². The number of rotatable bonds is 6. The van der Waals surface area contributed by atoms with Crippen molar-refractivity contribution in [3.63, 3.8) is 0 Å². The Morgan fingerprint density at radius 2 is 1.82 bits per heavy atom. The maximum Gasteiger partial charge on any atom is 0.338 e. The smallest absolute Gasteiger partial charge is 0.338 e. The molecular formula is C20H19NO7. The number of anilines is 1. The Morgan fingerprint density at radius 3 is 2.46 bits per heavy atom. The minimum atomic E-state index is -0.764. The molecule has 0 saturated heterocycles. The number of benzene rings is 2. The van der Waals surface area contributed by atoms with Gasteiger partial charge in [-0.15, -0.1) is 0 Å². The number of esters is 1. The highest BCUT2D eigenvalue weighted by Gasteiger charge is 2.37. The van der Waals surface area contributed by atoms with Crippen molar-refractivity contribution in [1.29, 1.82) is 0 Å². The number of ether oxygens (including phenoxy) is 2. The zero-order valence-electron chi connectivity index (χ0n) is 15.3. The topological polar surface area (TPSA) is 113 Å². The molecule has 0 aliphatic carbocycles. The van der Waals surface area contributed by atoms with Crippen LogP contribution in [0.2, 0.25) is 0 Å². The van der Waals surface area contributed by atoms with E-state index in [1.54, 1.807) is 6.92 Å². The van der Waals surface area contributed by atoms with Crippen LogP contribution in [0.1, 0.15) is 44.4 Å². The number of methoxy groups -OCH3 is 1. The van der Waals surface area contributed by atoms with Crippen molar-refractivity contribution in [2.75, 3.05) is 18.6 Å². The van der Waals surface area contributed by atoms with Gasteiger partial charge in [0.2, 0.25) is 0 Å². The molecule has 8 nitrogen and oxygen atoms in total. The summed E-state index contributed by atoms with van der Waals surface area (Å²) < 4.78 is 9.97. The van der Waals surface area contributed by atoms with Gasteiger partial charge in [-0.3, -0.25) is 9.59 Å². The lowest BCUT2D eigenvalue weighted by molar-refractivity contribution is 0.0250. The Bertz CT molecular complexity index is 954. The third kappa shape index (κ3) is 3.41. The standard InChI is InChI=1S/C20H19NO7/c1-3-13(22)10-28-20(26)11-4-6-14-15(8-11)19(25)21(18(14)24)12-5-7-17(27-2)16(23)9-12/h4-9,13,22-23H,3,10H2,1-2H3. The molecule has 0 bridgehead atoms. The molecule has 2 aromatic rings. The summed E-state index contributed by atoms with van der Waals surface area (Å²) in [6.07, 6.45) is -0.325. The number of carbonyl (C=O) groups excluding carboxylic acids is 3. The number of imide groups is 1. The van der Waals surface area contributed by atoms with Gasteiger partial charge in [-0.1, -0.05) is 6.92 Å². The van der Waals surface area contributed by atoms with E-state index in [2.05, 4.69) is 0 Å². The molecule has 28 heavy (non-hydrogen) atoms. The quantitative estimate of drug-likeness (QED) is 0.578. The molecule has 0 spiro atoms. The fourth-order valence-corrected chi connectivity index (χ4v) is 2.79. The summed E-state index contributed by atoms with van der Waals surface area (Å²) >= 11 is 0. The van der Waals surface area contributed by atoms with Crippen LogP contribution in [-0.4, -0.2) is 47.8 Å². The number of hydrogen-bond acceptors (Lipinski definition) is 7. The molecule has 2 amide bonds. The Hall–Kier alpha value is -3.39. The van der Waals surface area contributed by atoms with Gasteiger partial charge < -0.3 is 19.7 Å². The number of aliphatic hydroxyl groups is 1. The van der Waals surface area contributed by atoms with Gasteiger partial charge >= 0.3 is 5.97 Å². The number of fused-ring (bicyclic) bond motifs is 1. The van der Waals surface area contributed by atoms with Crippen LogP contribution in [0.3, 0.4) is 0 Å². The number of hydrogen-bond donors (Lipinski definition) is 2. The number of nitrogens with zero attached hydrogens (tertiary/aromatic N) is 1. The van der Waals surface area contributed by atoms with Crippen LogP contribution in [0.5, 0.6) is 11.5 Å². The van der Waals surface area contributed by atoms with Gasteiger partial charge in [-0.2, -0.15) is 0 Å². The second-order valence-corrected chi connectivity index (χ2v) is 6.22. The van der Waals surface area contributed by atoms with Gasteiger partial charge in [-0.25, -0.2) is 9.69 Å². The second kappa shape index (κ2) is 7.69. The van der Waals surface area contributed by atoms with Crippen molar-refractivity contribution >= 4 is 23.5 Å². The van der Waals surface area contributed by atoms with Crippen LogP contribution in [-0.2, 0) is 4.74 Å². The van der Waals surface area contributed by atoms with Gasteiger partial charge in [0.05, 0.1) is 35.6 Å². The molecule has 2 N–H and O–H groups in total. The first-order valence-electron chi connectivity index (χ1n) is 8.62. The summed E-state index contributed by atoms with van der Waals surface area (Å²) in [5.41, 5.74) is 0.485. The highest BCUT2D eigenvalue weighted by atomic mass is 16.5. The van der Waals surface area contributed by atoms with E-state index in [0.29, 0.717) is 6.42 Å². The van der Waals surface area contributed by atoms with E-state index < -0.39 is 23.9 Å². The molecule has 1 aliphatic heterocycles. The number of carbonyl (C=O) groups is 3. The molecule has 146 valence electrons. The number of amides is 2. The summed E-state index contributed by atoms with van der Waals surface area (Å²) in [6.45, 7) is 1.60. The molecule has 1 heterocycles. The fourth-order valence-electron chi connectivity index (χ4n) is 2.79. The SMILES string of the molecule is CCC(O)COC(=O)c1ccc2c(c1)C(=O)N(c1ccc(OC)c(O)c1)C2=O. The normalized spacial score (nSPS) is 14.0. The van der Waals surface area contributed by atoms with Gasteiger partial charge in [0.25, 0.3) is 11.8 Å². The van der Waals surface area contributed by atoms with E-state index in [-0.39, 0.29) is 40.5 Å². The third-order valence-corrected chi connectivity index (χ3v) is 4.42. The fraction of sp³-hybridized carbons (Fsp3) is 0.250. The van der Waals surface area contributed by atoms with Crippen molar-refractivity contribution in [3.8, 4) is 11.5 Å². The van der Waals surface area contributed by atoms with Gasteiger partial charge in [-0.05, 0) is 36.8 Å². The highest BCUT2D eigenvalue weighted by molar-refractivity contribution is 6.34. The first kappa shape index (κ1) is 19.4. The summed E-state index contributed by atoms with van der Waals surface area (Å²) in [4.78, 5) is 38.5. The van der Waals surface area contributed by atoms with Gasteiger partial charge in [0, 0.05) is 6.07 Å². The highest BCUT2D eigenvalue weighted by Crippen LogP contribution is 2.34. The minimum absolute atomic E-state index is 0.0609. The Kier molecular flexibility index (Phi) is 5.32. The molecule has 0 aromatic heterocycles. The number of aromatic hydroxyl groups is 1. The van der Waals surface area contributed by atoms with Crippen LogP contribution in [0, 0.1) is 0 Å². The predicted octanol–water partition coefficient (Wildman–Crippen LogP) is 2.13. The summed E-state index contributed by atoms with van der Waals surface area (Å²) in [6, 6.07) is 8.23. The number of phenols is 1. The molecule has 8 heteroatoms. The molecule has 1 aliphatic rings. The average Bonchev–Trinajstić information content (AvgIpc) is 2.95. The van der Waals surface area contributed by atoms with E-state index in [0.717, 1.165) is 4.90 Å². The first-order chi connectivity index (χ1) is 13.4. The third-order valence-electron chi connectivity index (χ3n) is 4.42. The largest absolute Gasteiger partial charge is 0.504 e. The molecule has 1 atom stereocenters.